The molecule has 5 rings (SSSR count). The van der Waals surface area contributed by atoms with E-state index in [2.05, 4.69) is 10.2 Å². The number of piperidine rings is 3. The second-order valence-corrected chi connectivity index (χ2v) is 7.75. The summed E-state index contributed by atoms with van der Waals surface area (Å²) in [6, 6.07) is 6.40. The molecule has 25 heavy (non-hydrogen) atoms. The number of benzene rings is 1. The number of carbonyl (C=O) groups excluding carboxylic acids is 1. The maximum absolute atomic E-state index is 13.7. The van der Waals surface area contributed by atoms with Crippen molar-refractivity contribution in [2.45, 2.75) is 25.9 Å². The number of thiophene rings is 1. The Kier molecular flexibility index (Phi) is 4.48. The van der Waals surface area contributed by atoms with Gasteiger partial charge in [-0.2, -0.15) is 0 Å². The average molecular weight is 360 g/mol. The van der Waals surface area contributed by atoms with Crippen LogP contribution in [-0.4, -0.2) is 36.7 Å². The Morgan fingerprint density at radius 1 is 1.32 bits per heavy atom. The number of rotatable bonds is 3. The Bertz CT molecular complexity index is 783. The zero-order chi connectivity index (χ0) is 17.4. The Morgan fingerprint density at radius 2 is 2.12 bits per heavy atom. The van der Waals surface area contributed by atoms with E-state index in [9.17, 15) is 9.18 Å². The van der Waals surface area contributed by atoms with Gasteiger partial charge in [-0.3, -0.25) is 10.2 Å². The summed E-state index contributed by atoms with van der Waals surface area (Å²) in [6.45, 7) is 5.00. The lowest BCUT2D eigenvalue weighted by Gasteiger charge is -2.43. The van der Waals surface area contributed by atoms with Gasteiger partial charge in [0.05, 0.1) is 5.69 Å². The molecule has 1 aromatic carbocycles. The molecule has 0 saturated carbocycles. The van der Waals surface area contributed by atoms with Crippen molar-refractivity contribution in [1.29, 1.82) is 0 Å². The highest BCUT2D eigenvalue weighted by molar-refractivity contribution is 7.13. The number of hydrogen-bond acceptors (Lipinski definition) is 4. The molecule has 1 amide bonds. The third-order valence-electron chi connectivity index (χ3n) is 5.18. The van der Waals surface area contributed by atoms with Gasteiger partial charge in [-0.1, -0.05) is 0 Å². The Morgan fingerprint density at radius 3 is 2.76 bits per heavy atom. The fraction of sp³-hybridized carbons (Fsp3) is 0.421. The van der Waals surface area contributed by atoms with Crippen LogP contribution in [0, 0.1) is 18.7 Å². The van der Waals surface area contributed by atoms with Crippen LogP contribution in [0.2, 0.25) is 0 Å². The van der Waals surface area contributed by atoms with E-state index in [1.54, 1.807) is 6.07 Å². The Balaban J connectivity index is 1.51. The van der Waals surface area contributed by atoms with Crippen LogP contribution in [0.1, 0.15) is 18.4 Å². The van der Waals surface area contributed by atoms with Crippen molar-refractivity contribution in [3.8, 4) is 10.4 Å². The standard InChI is InChI=1S/C19H21FN2O2S/c1-12-6-9-25-18(12)15-10-14(20)2-3-16(15)21-19(23)24-17-11-22-7-4-13(17)5-8-22/h2-3,6,9-10,13,17H,4-5,7-8,11H2,1H3,(H,21,23). The quantitative estimate of drug-likeness (QED) is 0.876. The van der Waals surface area contributed by atoms with Crippen LogP contribution >= 0.6 is 11.3 Å². The van der Waals surface area contributed by atoms with Crippen molar-refractivity contribution in [3.05, 3.63) is 41.0 Å². The van der Waals surface area contributed by atoms with Crippen molar-refractivity contribution in [2.75, 3.05) is 25.0 Å². The second-order valence-electron chi connectivity index (χ2n) is 6.83. The lowest BCUT2D eigenvalue weighted by molar-refractivity contribution is -0.0289. The number of anilines is 1. The van der Waals surface area contributed by atoms with Crippen molar-refractivity contribution >= 4 is 23.1 Å². The van der Waals surface area contributed by atoms with Gasteiger partial charge in [0.1, 0.15) is 11.9 Å². The van der Waals surface area contributed by atoms with Gasteiger partial charge >= 0.3 is 6.09 Å². The van der Waals surface area contributed by atoms with E-state index in [4.69, 9.17) is 4.74 Å². The second kappa shape index (κ2) is 6.77. The number of amides is 1. The average Bonchev–Trinajstić information content (AvgIpc) is 3.03. The van der Waals surface area contributed by atoms with Gasteiger partial charge in [-0.25, -0.2) is 9.18 Å². The molecule has 1 unspecified atom stereocenters. The van der Waals surface area contributed by atoms with E-state index in [1.807, 2.05) is 18.4 Å². The SMILES string of the molecule is Cc1ccsc1-c1cc(F)ccc1NC(=O)OC1CN2CCC1CC2. The molecule has 2 bridgehead atoms. The number of fused-ring (bicyclic) bond motifs is 3. The number of nitrogens with one attached hydrogen (secondary N) is 1. The van der Waals surface area contributed by atoms with Crippen LogP contribution in [0.15, 0.2) is 29.6 Å². The first-order valence-corrected chi connectivity index (χ1v) is 9.52. The number of ether oxygens (including phenoxy) is 1. The molecule has 0 radical (unpaired) electrons. The molecular weight excluding hydrogens is 339 g/mol. The third-order valence-corrected chi connectivity index (χ3v) is 6.23. The topological polar surface area (TPSA) is 41.6 Å². The highest BCUT2D eigenvalue weighted by atomic mass is 32.1. The normalized spacial score (nSPS) is 25.0. The molecule has 3 saturated heterocycles. The maximum Gasteiger partial charge on any atom is 0.411 e. The van der Waals surface area contributed by atoms with Crippen LogP contribution in [0.4, 0.5) is 14.9 Å². The summed E-state index contributed by atoms with van der Waals surface area (Å²) in [5, 5.41) is 4.78. The molecule has 2 aromatic rings. The number of carbonyl (C=O) groups is 1. The van der Waals surface area contributed by atoms with Gasteiger partial charge in [-0.05, 0) is 74.0 Å². The highest BCUT2D eigenvalue weighted by Crippen LogP contribution is 2.35. The van der Waals surface area contributed by atoms with E-state index in [-0.39, 0.29) is 11.9 Å². The molecule has 1 atom stereocenters. The van der Waals surface area contributed by atoms with E-state index in [1.165, 1.54) is 23.5 Å². The van der Waals surface area contributed by atoms with Crippen molar-refractivity contribution in [1.82, 2.24) is 4.90 Å². The van der Waals surface area contributed by atoms with Crippen LogP contribution in [-0.2, 0) is 4.74 Å². The van der Waals surface area contributed by atoms with E-state index in [0.29, 0.717) is 17.2 Å². The molecular formula is C19H21FN2O2S. The minimum Gasteiger partial charge on any atom is -0.444 e. The highest BCUT2D eigenvalue weighted by Gasteiger charge is 2.36. The first-order valence-electron chi connectivity index (χ1n) is 8.64. The maximum atomic E-state index is 13.7. The molecule has 4 nitrogen and oxygen atoms in total. The molecule has 1 N–H and O–H groups in total. The van der Waals surface area contributed by atoms with Crippen molar-refractivity contribution < 1.29 is 13.9 Å². The predicted molar refractivity (Wildman–Crippen MR) is 97.5 cm³/mol. The zero-order valence-electron chi connectivity index (χ0n) is 14.1. The number of aryl methyl sites for hydroxylation is 1. The molecule has 3 aliphatic heterocycles. The summed E-state index contributed by atoms with van der Waals surface area (Å²) in [5.74, 6) is 0.141. The van der Waals surface area contributed by atoms with Gasteiger partial charge in [0.25, 0.3) is 0 Å². The van der Waals surface area contributed by atoms with Gasteiger partial charge < -0.3 is 4.74 Å². The van der Waals surface area contributed by atoms with Crippen LogP contribution < -0.4 is 5.32 Å². The summed E-state index contributed by atoms with van der Waals surface area (Å²) in [6.07, 6.45) is 1.68. The fourth-order valence-corrected chi connectivity index (χ4v) is 4.74. The first kappa shape index (κ1) is 16.5. The minimum absolute atomic E-state index is 0.0464. The lowest BCUT2D eigenvalue weighted by Crippen LogP contribution is -2.52. The zero-order valence-corrected chi connectivity index (χ0v) is 14.9. The van der Waals surface area contributed by atoms with Gasteiger partial charge in [0.2, 0.25) is 0 Å². The summed E-state index contributed by atoms with van der Waals surface area (Å²) >= 11 is 1.53. The molecule has 4 heterocycles. The number of halogens is 1. The van der Waals surface area contributed by atoms with E-state index in [0.717, 1.165) is 42.9 Å². The molecule has 0 aliphatic carbocycles. The Labute approximate surface area is 150 Å². The van der Waals surface area contributed by atoms with Crippen LogP contribution in [0.3, 0.4) is 0 Å². The molecule has 3 aliphatic rings. The monoisotopic (exact) mass is 360 g/mol. The lowest BCUT2D eigenvalue weighted by atomic mass is 9.86. The predicted octanol–water partition coefficient (Wildman–Crippen LogP) is 4.51. The molecule has 3 fully saturated rings. The number of hydrogen-bond donors (Lipinski definition) is 1. The summed E-state index contributed by atoms with van der Waals surface area (Å²) in [5.41, 5.74) is 2.33. The van der Waals surface area contributed by atoms with E-state index < -0.39 is 6.09 Å². The van der Waals surface area contributed by atoms with Crippen molar-refractivity contribution in [2.24, 2.45) is 5.92 Å². The van der Waals surface area contributed by atoms with Gasteiger partial charge in [0.15, 0.2) is 0 Å². The fourth-order valence-electron chi connectivity index (χ4n) is 3.78. The molecule has 0 spiro atoms. The molecule has 6 heteroatoms. The van der Waals surface area contributed by atoms with Crippen LogP contribution in [0.25, 0.3) is 10.4 Å². The van der Waals surface area contributed by atoms with Crippen LogP contribution in [0.5, 0.6) is 0 Å². The Hall–Kier alpha value is -1.92. The largest absolute Gasteiger partial charge is 0.444 e. The smallest absolute Gasteiger partial charge is 0.411 e. The third kappa shape index (κ3) is 3.41. The number of nitrogens with zero attached hydrogens (tertiary/aromatic N) is 1. The summed E-state index contributed by atoms with van der Waals surface area (Å²) in [7, 11) is 0. The van der Waals surface area contributed by atoms with Gasteiger partial charge in [-0.15, -0.1) is 11.3 Å². The molecule has 1 aromatic heterocycles. The summed E-state index contributed by atoms with van der Waals surface area (Å²) in [4.78, 5) is 15.7. The summed E-state index contributed by atoms with van der Waals surface area (Å²) < 4.78 is 19.4. The minimum atomic E-state index is -0.458. The molecule has 132 valence electrons. The van der Waals surface area contributed by atoms with Crippen molar-refractivity contribution in [3.63, 3.8) is 0 Å². The first-order chi connectivity index (χ1) is 12.1. The van der Waals surface area contributed by atoms with Gasteiger partial charge in [0, 0.05) is 17.0 Å². The van der Waals surface area contributed by atoms with E-state index >= 15 is 0 Å².